The van der Waals surface area contributed by atoms with Crippen LogP contribution < -0.4 is 5.32 Å². The van der Waals surface area contributed by atoms with Gasteiger partial charge in [-0.25, -0.2) is 4.79 Å². The highest BCUT2D eigenvalue weighted by atomic mass is 16.3. The maximum atomic E-state index is 11.8. The quantitative estimate of drug-likeness (QED) is 0.903. The average Bonchev–Trinajstić information content (AvgIpc) is 2.90. The van der Waals surface area contributed by atoms with Gasteiger partial charge in [0.15, 0.2) is 0 Å². The highest BCUT2D eigenvalue weighted by Crippen LogP contribution is 2.32. The first-order valence-electron chi connectivity index (χ1n) is 7.06. The molecular weight excluding hydrogens is 264 g/mol. The van der Waals surface area contributed by atoms with Gasteiger partial charge in [-0.1, -0.05) is 60.7 Å². The molecule has 4 nitrogen and oxygen atoms in total. The number of benzene rings is 2. The van der Waals surface area contributed by atoms with Crippen molar-refractivity contribution in [3.63, 3.8) is 0 Å². The molecule has 1 fully saturated rings. The zero-order valence-corrected chi connectivity index (χ0v) is 11.6. The molecule has 4 heteroatoms. The van der Waals surface area contributed by atoms with Crippen LogP contribution in [0.1, 0.15) is 17.0 Å². The van der Waals surface area contributed by atoms with E-state index in [1.807, 2.05) is 36.4 Å². The first-order chi connectivity index (χ1) is 10.3. The Hall–Kier alpha value is -2.33. The van der Waals surface area contributed by atoms with Gasteiger partial charge in [0, 0.05) is 12.5 Å². The summed E-state index contributed by atoms with van der Waals surface area (Å²) in [6.07, 6.45) is 0. The Bertz CT molecular complexity index is 561. The molecule has 1 aliphatic rings. The summed E-state index contributed by atoms with van der Waals surface area (Å²) in [6.45, 7) is 0.264. The van der Waals surface area contributed by atoms with Crippen molar-refractivity contribution in [2.24, 2.45) is 0 Å². The number of aliphatic hydroxyl groups excluding tert-OH is 1. The number of hydrogen-bond acceptors (Lipinski definition) is 2. The first kappa shape index (κ1) is 13.6. The maximum Gasteiger partial charge on any atom is 0.319 e. The molecule has 0 radical (unpaired) electrons. The number of carbonyl (C=O) groups excluding carboxylic acids is 1. The molecule has 3 rings (SSSR count). The van der Waals surface area contributed by atoms with Crippen molar-refractivity contribution in [1.82, 2.24) is 10.2 Å². The van der Waals surface area contributed by atoms with E-state index < -0.39 is 0 Å². The van der Waals surface area contributed by atoms with Crippen LogP contribution in [0.4, 0.5) is 4.79 Å². The van der Waals surface area contributed by atoms with Crippen molar-refractivity contribution >= 4 is 6.03 Å². The third-order valence-corrected chi connectivity index (χ3v) is 3.98. The molecule has 1 saturated heterocycles. The van der Waals surface area contributed by atoms with Crippen molar-refractivity contribution in [1.29, 1.82) is 0 Å². The number of nitrogens with one attached hydrogen (secondary N) is 1. The number of amides is 2. The smallest absolute Gasteiger partial charge is 0.319 e. The first-order valence-corrected chi connectivity index (χ1v) is 7.06. The van der Waals surface area contributed by atoms with Crippen LogP contribution in [-0.2, 0) is 0 Å². The van der Waals surface area contributed by atoms with Crippen LogP contribution in [0, 0.1) is 0 Å². The molecular formula is C17H18N2O2. The lowest BCUT2D eigenvalue weighted by Gasteiger charge is -2.29. The Morgan fingerprint density at radius 3 is 2.05 bits per heavy atom. The van der Waals surface area contributed by atoms with Crippen molar-refractivity contribution in [3.05, 3.63) is 71.8 Å². The number of hydrogen-bond donors (Lipinski definition) is 2. The lowest BCUT2D eigenvalue weighted by Crippen LogP contribution is -2.39. The molecule has 21 heavy (non-hydrogen) atoms. The summed E-state index contributed by atoms with van der Waals surface area (Å²) in [5.41, 5.74) is 2.28. The number of nitrogens with zero attached hydrogens (tertiary/aromatic N) is 1. The molecule has 0 spiro atoms. The third-order valence-electron chi connectivity index (χ3n) is 3.98. The van der Waals surface area contributed by atoms with E-state index in [4.69, 9.17) is 0 Å². The average molecular weight is 282 g/mol. The van der Waals surface area contributed by atoms with E-state index in [-0.39, 0.29) is 24.7 Å². The fourth-order valence-electron chi connectivity index (χ4n) is 2.98. The van der Waals surface area contributed by atoms with Crippen LogP contribution in [0.5, 0.6) is 0 Å². The summed E-state index contributed by atoms with van der Waals surface area (Å²) < 4.78 is 0. The molecule has 0 bridgehead atoms. The molecule has 108 valence electrons. The summed E-state index contributed by atoms with van der Waals surface area (Å²) in [5, 5.41) is 12.3. The van der Waals surface area contributed by atoms with Crippen LogP contribution in [0.3, 0.4) is 0 Å². The molecule has 1 heterocycles. The van der Waals surface area contributed by atoms with E-state index in [2.05, 4.69) is 29.6 Å². The van der Waals surface area contributed by atoms with E-state index in [1.54, 1.807) is 0 Å². The normalized spacial score (nSPS) is 18.1. The van der Waals surface area contributed by atoms with Gasteiger partial charge in [-0.15, -0.1) is 0 Å². The van der Waals surface area contributed by atoms with Gasteiger partial charge in [-0.3, -0.25) is 4.90 Å². The Morgan fingerprint density at radius 1 is 1.05 bits per heavy atom. The predicted octanol–water partition coefficient (Wildman–Crippen LogP) is 2.16. The predicted molar refractivity (Wildman–Crippen MR) is 80.8 cm³/mol. The maximum absolute atomic E-state index is 11.8. The minimum atomic E-state index is -0.271. The van der Waals surface area contributed by atoms with Crippen molar-refractivity contribution in [3.8, 4) is 0 Å². The molecule has 2 aromatic rings. The summed E-state index contributed by atoms with van der Waals surface area (Å²) in [4.78, 5) is 13.3. The summed E-state index contributed by atoms with van der Waals surface area (Å²) in [5.74, 6) is 0.0403. The topological polar surface area (TPSA) is 52.6 Å². The Kier molecular flexibility index (Phi) is 3.88. The standard InChI is InChI=1S/C17H18N2O2/c20-12-19-15(11-18-17(19)21)16(13-7-3-1-4-8-13)14-9-5-2-6-10-14/h1-10,15-16,20H,11-12H2,(H,18,21). The van der Waals surface area contributed by atoms with Crippen LogP contribution in [-0.4, -0.2) is 35.4 Å². The number of urea groups is 1. The van der Waals surface area contributed by atoms with Gasteiger partial charge in [0.2, 0.25) is 0 Å². The van der Waals surface area contributed by atoms with E-state index in [0.717, 1.165) is 11.1 Å². The van der Waals surface area contributed by atoms with Crippen LogP contribution in [0.25, 0.3) is 0 Å². The highest BCUT2D eigenvalue weighted by molar-refractivity contribution is 5.77. The van der Waals surface area contributed by atoms with E-state index in [0.29, 0.717) is 6.54 Å². The zero-order chi connectivity index (χ0) is 14.7. The van der Waals surface area contributed by atoms with Crippen LogP contribution in [0.15, 0.2) is 60.7 Å². The van der Waals surface area contributed by atoms with Gasteiger partial charge in [-0.05, 0) is 11.1 Å². The van der Waals surface area contributed by atoms with E-state index in [9.17, 15) is 9.90 Å². The Balaban J connectivity index is 2.03. The van der Waals surface area contributed by atoms with Crippen LogP contribution in [0.2, 0.25) is 0 Å². The molecule has 0 aliphatic carbocycles. The van der Waals surface area contributed by atoms with Crippen molar-refractivity contribution in [2.75, 3.05) is 13.3 Å². The third kappa shape index (κ3) is 2.62. The van der Waals surface area contributed by atoms with E-state index >= 15 is 0 Å². The largest absolute Gasteiger partial charge is 0.376 e. The highest BCUT2D eigenvalue weighted by Gasteiger charge is 2.37. The number of carbonyl (C=O) groups is 1. The fraction of sp³-hybridized carbons (Fsp3) is 0.235. The lowest BCUT2D eigenvalue weighted by atomic mass is 9.85. The molecule has 0 aromatic heterocycles. The summed E-state index contributed by atoms with van der Waals surface area (Å²) in [7, 11) is 0. The van der Waals surface area contributed by atoms with Gasteiger partial charge in [0.05, 0.1) is 6.04 Å². The lowest BCUT2D eigenvalue weighted by molar-refractivity contribution is 0.111. The second-order valence-corrected chi connectivity index (χ2v) is 5.16. The molecule has 2 N–H and O–H groups in total. The molecule has 2 aromatic carbocycles. The minimum absolute atomic E-state index is 0.0403. The fourth-order valence-corrected chi connectivity index (χ4v) is 2.98. The number of aliphatic hydroxyl groups is 1. The summed E-state index contributed by atoms with van der Waals surface area (Å²) >= 11 is 0. The zero-order valence-electron chi connectivity index (χ0n) is 11.6. The van der Waals surface area contributed by atoms with Crippen molar-refractivity contribution < 1.29 is 9.90 Å². The van der Waals surface area contributed by atoms with Gasteiger partial charge in [0.1, 0.15) is 6.73 Å². The number of rotatable bonds is 4. The van der Waals surface area contributed by atoms with Gasteiger partial charge < -0.3 is 10.4 Å². The second kappa shape index (κ2) is 5.97. The Morgan fingerprint density at radius 2 is 1.57 bits per heavy atom. The monoisotopic (exact) mass is 282 g/mol. The van der Waals surface area contributed by atoms with E-state index in [1.165, 1.54) is 4.90 Å². The molecule has 1 atom stereocenters. The minimum Gasteiger partial charge on any atom is -0.376 e. The SMILES string of the molecule is O=C1NCC(C(c2ccccc2)c2ccccc2)N1CO. The second-order valence-electron chi connectivity index (χ2n) is 5.16. The van der Waals surface area contributed by atoms with Gasteiger partial charge in [-0.2, -0.15) is 0 Å². The van der Waals surface area contributed by atoms with Crippen molar-refractivity contribution in [2.45, 2.75) is 12.0 Å². The molecule has 0 saturated carbocycles. The molecule has 1 aliphatic heterocycles. The Labute approximate surface area is 124 Å². The molecule has 2 amide bonds. The summed E-state index contributed by atoms with van der Waals surface area (Å²) in [6, 6.07) is 19.9. The van der Waals surface area contributed by atoms with Crippen LogP contribution >= 0.6 is 0 Å². The van der Waals surface area contributed by atoms with Gasteiger partial charge in [0.25, 0.3) is 0 Å². The molecule has 1 unspecified atom stereocenters. The van der Waals surface area contributed by atoms with Gasteiger partial charge >= 0.3 is 6.03 Å².